The van der Waals surface area contributed by atoms with Gasteiger partial charge in [0.1, 0.15) is 0 Å². The molecule has 2 fully saturated rings. The van der Waals surface area contributed by atoms with Crippen LogP contribution in [-0.2, 0) is 0 Å². The van der Waals surface area contributed by atoms with E-state index in [4.69, 9.17) is 11.6 Å². The molecule has 2 nitrogen and oxygen atoms in total. The number of halogens is 1. The topological polar surface area (TPSA) is 15.3 Å². The van der Waals surface area contributed by atoms with Gasteiger partial charge in [-0.3, -0.25) is 0 Å². The number of benzene rings is 1. The summed E-state index contributed by atoms with van der Waals surface area (Å²) < 4.78 is 0. The zero-order valence-electron chi connectivity index (χ0n) is 10.5. The Morgan fingerprint density at radius 3 is 3.06 bits per heavy atom. The maximum absolute atomic E-state index is 6.10. The van der Waals surface area contributed by atoms with Crippen molar-refractivity contribution in [1.82, 2.24) is 0 Å². The largest absolute Gasteiger partial charge is 0.381 e. The van der Waals surface area contributed by atoms with Gasteiger partial charge in [0.15, 0.2) is 0 Å². The van der Waals surface area contributed by atoms with Crippen LogP contribution in [0.1, 0.15) is 32.1 Å². The number of hydrogen-bond acceptors (Lipinski definition) is 2. The van der Waals surface area contributed by atoms with Gasteiger partial charge >= 0.3 is 0 Å². The molecule has 18 heavy (non-hydrogen) atoms. The third kappa shape index (κ3) is 1.55. The van der Waals surface area contributed by atoms with Crippen LogP contribution in [0.25, 0.3) is 0 Å². The van der Waals surface area contributed by atoms with Crippen LogP contribution in [0.15, 0.2) is 18.2 Å². The van der Waals surface area contributed by atoms with Gasteiger partial charge in [-0.15, -0.1) is 0 Å². The van der Waals surface area contributed by atoms with Gasteiger partial charge in [0.25, 0.3) is 0 Å². The van der Waals surface area contributed by atoms with E-state index in [-0.39, 0.29) is 0 Å². The van der Waals surface area contributed by atoms with Gasteiger partial charge in [-0.05, 0) is 43.4 Å². The van der Waals surface area contributed by atoms with Crippen LogP contribution in [-0.4, -0.2) is 18.6 Å². The van der Waals surface area contributed by atoms with E-state index < -0.39 is 0 Å². The molecular weight excluding hydrogens is 244 g/mol. The molecule has 2 heterocycles. The number of nitrogens with one attached hydrogen (secondary N) is 1. The number of rotatable bonds is 0. The molecule has 4 rings (SSSR count). The van der Waals surface area contributed by atoms with E-state index in [0.29, 0.717) is 6.04 Å². The van der Waals surface area contributed by atoms with Gasteiger partial charge < -0.3 is 10.2 Å². The van der Waals surface area contributed by atoms with E-state index in [1.807, 2.05) is 6.07 Å². The minimum absolute atomic E-state index is 0.701. The Kier molecular flexibility index (Phi) is 2.47. The normalized spacial score (nSPS) is 33.4. The van der Waals surface area contributed by atoms with Crippen molar-refractivity contribution in [2.75, 3.05) is 16.8 Å². The zero-order valence-corrected chi connectivity index (χ0v) is 11.3. The van der Waals surface area contributed by atoms with Gasteiger partial charge in [0.05, 0.1) is 11.4 Å². The molecule has 3 atom stereocenters. The Hall–Kier alpha value is -0.890. The van der Waals surface area contributed by atoms with Crippen molar-refractivity contribution >= 4 is 23.0 Å². The van der Waals surface area contributed by atoms with Crippen molar-refractivity contribution < 1.29 is 0 Å². The fourth-order valence-electron chi connectivity index (χ4n) is 4.22. The van der Waals surface area contributed by atoms with Crippen molar-refractivity contribution in [1.29, 1.82) is 0 Å². The van der Waals surface area contributed by atoms with Crippen molar-refractivity contribution in [2.24, 2.45) is 5.92 Å². The van der Waals surface area contributed by atoms with E-state index >= 15 is 0 Å². The minimum atomic E-state index is 0.701. The smallest absolute Gasteiger partial charge is 0.0608 e. The van der Waals surface area contributed by atoms with Gasteiger partial charge in [-0.25, -0.2) is 0 Å². The second kappa shape index (κ2) is 4.06. The number of nitrogens with zero attached hydrogens (tertiary/aromatic N) is 1. The standard InChI is InChI=1S/C15H19ClN2/c16-11-5-6-15-13(8-11)17-9-12-7-10-3-1-2-4-14(10)18(12)15/h5-6,8,10,12,14,17H,1-4,7,9H2. The Bertz CT molecular complexity index is 474. The average molecular weight is 263 g/mol. The zero-order chi connectivity index (χ0) is 12.1. The van der Waals surface area contributed by atoms with Crippen LogP contribution in [0.5, 0.6) is 0 Å². The van der Waals surface area contributed by atoms with Crippen molar-refractivity contribution in [3.8, 4) is 0 Å². The highest BCUT2D eigenvalue weighted by molar-refractivity contribution is 6.31. The molecule has 1 aromatic carbocycles. The highest BCUT2D eigenvalue weighted by Crippen LogP contribution is 2.46. The lowest BCUT2D eigenvalue weighted by atomic mass is 9.85. The average Bonchev–Trinajstić information content (AvgIpc) is 2.77. The Morgan fingerprint density at radius 2 is 2.11 bits per heavy atom. The van der Waals surface area contributed by atoms with Crippen LogP contribution in [0.3, 0.4) is 0 Å². The fraction of sp³-hybridized carbons (Fsp3) is 0.600. The Morgan fingerprint density at radius 1 is 1.22 bits per heavy atom. The third-order valence-corrected chi connectivity index (χ3v) is 5.19. The first-order valence-electron chi connectivity index (χ1n) is 7.15. The van der Waals surface area contributed by atoms with E-state index in [9.17, 15) is 0 Å². The van der Waals surface area contributed by atoms with Crippen LogP contribution < -0.4 is 10.2 Å². The second-order valence-corrected chi connectivity index (χ2v) is 6.39. The summed E-state index contributed by atoms with van der Waals surface area (Å²) in [5.41, 5.74) is 2.61. The molecule has 0 amide bonds. The SMILES string of the molecule is Clc1ccc2c(c1)NCC1CC3CCCCC3N21. The molecule has 0 aromatic heterocycles. The Labute approximate surface area is 113 Å². The summed E-state index contributed by atoms with van der Waals surface area (Å²) in [7, 11) is 0. The quantitative estimate of drug-likeness (QED) is 0.763. The molecular formula is C15H19ClN2. The molecule has 1 saturated heterocycles. The molecule has 0 radical (unpaired) electrons. The number of hydrogen-bond donors (Lipinski definition) is 1. The van der Waals surface area contributed by atoms with E-state index in [1.165, 1.54) is 43.5 Å². The summed E-state index contributed by atoms with van der Waals surface area (Å²) in [5.74, 6) is 0.923. The monoisotopic (exact) mass is 262 g/mol. The van der Waals surface area contributed by atoms with E-state index in [2.05, 4.69) is 22.3 Å². The highest BCUT2D eigenvalue weighted by atomic mass is 35.5. The molecule has 1 N–H and O–H groups in total. The lowest BCUT2D eigenvalue weighted by Crippen LogP contribution is -2.44. The molecule has 3 aliphatic rings. The molecule has 3 heteroatoms. The molecule has 1 aromatic rings. The number of anilines is 2. The summed E-state index contributed by atoms with van der Waals surface area (Å²) in [5, 5.41) is 4.39. The van der Waals surface area contributed by atoms with Gasteiger partial charge in [-0.2, -0.15) is 0 Å². The van der Waals surface area contributed by atoms with Crippen LogP contribution >= 0.6 is 11.6 Å². The van der Waals surface area contributed by atoms with Crippen LogP contribution in [0.2, 0.25) is 5.02 Å². The summed E-state index contributed by atoms with van der Waals surface area (Å²) in [6.07, 6.45) is 7.02. The van der Waals surface area contributed by atoms with E-state index in [0.717, 1.165) is 23.5 Å². The summed E-state index contributed by atoms with van der Waals surface area (Å²) >= 11 is 6.10. The molecule has 3 unspecified atom stereocenters. The minimum Gasteiger partial charge on any atom is -0.381 e. The first-order valence-corrected chi connectivity index (χ1v) is 7.52. The predicted molar refractivity (Wildman–Crippen MR) is 76.6 cm³/mol. The molecule has 0 spiro atoms. The van der Waals surface area contributed by atoms with Crippen LogP contribution in [0.4, 0.5) is 11.4 Å². The van der Waals surface area contributed by atoms with Crippen LogP contribution in [0, 0.1) is 5.92 Å². The molecule has 1 saturated carbocycles. The first kappa shape index (κ1) is 11.0. The van der Waals surface area contributed by atoms with Gasteiger partial charge in [-0.1, -0.05) is 24.4 Å². The fourth-order valence-corrected chi connectivity index (χ4v) is 4.39. The maximum atomic E-state index is 6.10. The second-order valence-electron chi connectivity index (χ2n) is 5.95. The van der Waals surface area contributed by atoms with Gasteiger partial charge in [0.2, 0.25) is 0 Å². The summed E-state index contributed by atoms with van der Waals surface area (Å²) in [6, 6.07) is 7.79. The molecule has 96 valence electrons. The summed E-state index contributed by atoms with van der Waals surface area (Å²) in [4.78, 5) is 2.70. The van der Waals surface area contributed by atoms with Crippen molar-refractivity contribution in [3.63, 3.8) is 0 Å². The van der Waals surface area contributed by atoms with E-state index in [1.54, 1.807) is 0 Å². The molecule has 0 bridgehead atoms. The first-order chi connectivity index (χ1) is 8.83. The maximum Gasteiger partial charge on any atom is 0.0608 e. The van der Waals surface area contributed by atoms with Crippen molar-refractivity contribution in [3.05, 3.63) is 23.2 Å². The number of fused-ring (bicyclic) bond motifs is 5. The van der Waals surface area contributed by atoms with Gasteiger partial charge in [0, 0.05) is 23.7 Å². The summed E-state index contributed by atoms with van der Waals surface area (Å²) in [6.45, 7) is 1.08. The molecule has 1 aliphatic carbocycles. The highest BCUT2D eigenvalue weighted by Gasteiger charge is 2.44. The predicted octanol–water partition coefficient (Wildman–Crippen LogP) is 3.90. The lowest BCUT2D eigenvalue weighted by molar-refractivity contribution is 0.342. The third-order valence-electron chi connectivity index (χ3n) is 4.96. The lowest BCUT2D eigenvalue weighted by Gasteiger charge is -2.40. The Balaban J connectivity index is 1.75. The molecule has 2 aliphatic heterocycles. The van der Waals surface area contributed by atoms with Crippen molar-refractivity contribution in [2.45, 2.75) is 44.2 Å².